The quantitative estimate of drug-likeness (QED) is 0.579. The molecule has 4 amide bonds. The van der Waals surface area contributed by atoms with Crippen molar-refractivity contribution in [3.63, 3.8) is 0 Å². The van der Waals surface area contributed by atoms with E-state index in [2.05, 4.69) is 17.3 Å². The Morgan fingerprint density at radius 3 is 2.74 bits per heavy atom. The standard InChI is InChI=1S/C19H17N3O5/c23-16-5-4-15(17(24)20-16)22-11-13-10-12(2-3-14(13)18(22)25)6-9-27-19(26)21-7-1-8-21/h2-3,10,15H,1,4-5,7-8,11H2,(H,20,23,24). The fourth-order valence-electron chi connectivity index (χ4n) is 3.34. The van der Waals surface area contributed by atoms with E-state index in [1.807, 2.05) is 0 Å². The third-order valence-electron chi connectivity index (χ3n) is 4.97. The highest BCUT2D eigenvalue weighted by molar-refractivity contribution is 6.05. The summed E-state index contributed by atoms with van der Waals surface area (Å²) in [6.07, 6.45) is 3.47. The molecular formula is C19H17N3O5. The van der Waals surface area contributed by atoms with E-state index in [9.17, 15) is 19.2 Å². The average molecular weight is 367 g/mol. The summed E-state index contributed by atoms with van der Waals surface area (Å²) in [6.45, 7) is 1.67. The van der Waals surface area contributed by atoms with Gasteiger partial charge in [0.1, 0.15) is 12.1 Å². The Labute approximate surface area is 155 Å². The van der Waals surface area contributed by atoms with Crippen LogP contribution in [0, 0.1) is 12.0 Å². The van der Waals surface area contributed by atoms with Crippen LogP contribution in [-0.2, 0) is 20.9 Å². The maximum atomic E-state index is 12.6. The molecule has 138 valence electrons. The first kappa shape index (κ1) is 17.1. The van der Waals surface area contributed by atoms with Crippen LogP contribution in [0.3, 0.4) is 0 Å². The third kappa shape index (κ3) is 3.24. The fraction of sp³-hybridized carbons (Fsp3) is 0.368. The second-order valence-electron chi connectivity index (χ2n) is 6.71. The van der Waals surface area contributed by atoms with Crippen molar-refractivity contribution >= 4 is 23.8 Å². The predicted molar refractivity (Wildman–Crippen MR) is 92.0 cm³/mol. The molecule has 0 saturated carbocycles. The predicted octanol–water partition coefficient (Wildman–Crippen LogP) is 0.599. The number of nitrogens with zero attached hydrogens (tertiary/aromatic N) is 2. The van der Waals surface area contributed by atoms with E-state index < -0.39 is 18.0 Å². The second kappa shape index (κ2) is 6.76. The monoisotopic (exact) mass is 367 g/mol. The van der Waals surface area contributed by atoms with Crippen LogP contribution < -0.4 is 5.32 Å². The van der Waals surface area contributed by atoms with Gasteiger partial charge in [-0.15, -0.1) is 0 Å². The summed E-state index contributed by atoms with van der Waals surface area (Å²) in [7, 11) is 0. The first-order valence-corrected chi connectivity index (χ1v) is 8.77. The van der Waals surface area contributed by atoms with Gasteiger partial charge in [-0.3, -0.25) is 19.7 Å². The van der Waals surface area contributed by atoms with Gasteiger partial charge in [0.05, 0.1) is 0 Å². The van der Waals surface area contributed by atoms with Crippen molar-refractivity contribution < 1.29 is 23.9 Å². The number of fused-ring (bicyclic) bond motifs is 1. The Kier molecular flexibility index (Phi) is 4.28. The molecule has 0 radical (unpaired) electrons. The van der Waals surface area contributed by atoms with E-state index in [0.29, 0.717) is 30.6 Å². The number of benzene rings is 1. The average Bonchev–Trinajstić information content (AvgIpc) is 2.89. The molecule has 1 unspecified atom stereocenters. The van der Waals surface area contributed by atoms with Crippen molar-refractivity contribution in [1.82, 2.24) is 15.1 Å². The molecular weight excluding hydrogens is 350 g/mol. The van der Waals surface area contributed by atoms with Gasteiger partial charge in [-0.2, -0.15) is 0 Å². The van der Waals surface area contributed by atoms with E-state index >= 15 is 0 Å². The number of hydrogen-bond acceptors (Lipinski definition) is 5. The number of piperidine rings is 1. The maximum absolute atomic E-state index is 12.6. The van der Waals surface area contributed by atoms with Crippen LogP contribution in [0.25, 0.3) is 0 Å². The van der Waals surface area contributed by atoms with Gasteiger partial charge in [-0.1, -0.05) is 0 Å². The summed E-state index contributed by atoms with van der Waals surface area (Å²) < 4.78 is 4.89. The van der Waals surface area contributed by atoms with E-state index in [1.165, 1.54) is 4.90 Å². The zero-order valence-corrected chi connectivity index (χ0v) is 14.5. The SMILES string of the molecule is O=C1CCC(N2Cc3cc(C#COC(=O)N4CCC4)ccc3C2=O)C(=O)N1. The molecule has 2 saturated heterocycles. The minimum absolute atomic E-state index is 0.218. The summed E-state index contributed by atoms with van der Waals surface area (Å²) in [5.41, 5.74) is 1.89. The molecule has 2 fully saturated rings. The smallest absolute Gasteiger partial charge is 0.355 e. The zero-order valence-electron chi connectivity index (χ0n) is 14.5. The van der Waals surface area contributed by atoms with Gasteiger partial charge in [0.25, 0.3) is 5.91 Å². The maximum Gasteiger partial charge on any atom is 0.423 e. The molecule has 1 aromatic carbocycles. The Morgan fingerprint density at radius 1 is 1.22 bits per heavy atom. The van der Waals surface area contributed by atoms with Gasteiger partial charge in [0.15, 0.2) is 0 Å². The van der Waals surface area contributed by atoms with Crippen LogP contribution in [0.15, 0.2) is 18.2 Å². The number of imide groups is 1. The van der Waals surface area contributed by atoms with Gasteiger partial charge in [0.2, 0.25) is 11.8 Å². The van der Waals surface area contributed by atoms with Crippen molar-refractivity contribution in [2.45, 2.75) is 31.8 Å². The van der Waals surface area contributed by atoms with Gasteiger partial charge in [0, 0.05) is 37.2 Å². The summed E-state index contributed by atoms with van der Waals surface area (Å²) in [4.78, 5) is 50.6. The largest absolute Gasteiger partial charge is 0.423 e. The molecule has 4 rings (SSSR count). The van der Waals surface area contributed by atoms with Crippen LogP contribution in [-0.4, -0.2) is 52.7 Å². The molecule has 27 heavy (non-hydrogen) atoms. The molecule has 3 heterocycles. The number of amides is 4. The lowest BCUT2D eigenvalue weighted by Gasteiger charge is -2.29. The number of hydrogen-bond donors (Lipinski definition) is 1. The second-order valence-corrected chi connectivity index (χ2v) is 6.71. The molecule has 0 aliphatic carbocycles. The normalized spacial score (nSPS) is 21.0. The molecule has 3 aliphatic heterocycles. The lowest BCUT2D eigenvalue weighted by atomic mass is 10.0. The van der Waals surface area contributed by atoms with Gasteiger partial charge < -0.3 is 14.5 Å². The fourth-order valence-corrected chi connectivity index (χ4v) is 3.34. The molecule has 0 bridgehead atoms. The molecule has 1 aromatic rings. The van der Waals surface area contributed by atoms with Crippen LogP contribution in [0.1, 0.15) is 40.7 Å². The van der Waals surface area contributed by atoms with Crippen LogP contribution in [0.5, 0.6) is 0 Å². The Bertz CT molecular complexity index is 910. The Morgan fingerprint density at radius 2 is 2.04 bits per heavy atom. The number of likely N-dealkylation sites (tertiary alicyclic amines) is 1. The Balaban J connectivity index is 1.45. The number of carbonyl (C=O) groups excluding carboxylic acids is 4. The molecule has 0 aromatic heterocycles. The molecule has 8 nitrogen and oxygen atoms in total. The molecule has 0 spiro atoms. The number of ether oxygens (including phenoxy) is 1. The minimum atomic E-state index is -0.644. The lowest BCUT2D eigenvalue weighted by molar-refractivity contribution is -0.136. The lowest BCUT2D eigenvalue weighted by Crippen LogP contribution is -2.52. The van der Waals surface area contributed by atoms with Gasteiger partial charge >= 0.3 is 6.09 Å². The van der Waals surface area contributed by atoms with Crippen molar-refractivity contribution in [3.05, 3.63) is 34.9 Å². The van der Waals surface area contributed by atoms with Gasteiger partial charge in [-0.05, 0) is 42.5 Å². The molecule has 3 aliphatic rings. The molecule has 1 N–H and O–H groups in total. The number of nitrogens with one attached hydrogen (secondary N) is 1. The van der Waals surface area contributed by atoms with E-state index in [4.69, 9.17) is 4.74 Å². The summed E-state index contributed by atoms with van der Waals surface area (Å²) in [5, 5.41) is 2.28. The number of rotatable bonds is 1. The zero-order chi connectivity index (χ0) is 19.0. The first-order valence-electron chi connectivity index (χ1n) is 8.77. The van der Waals surface area contributed by atoms with Crippen LogP contribution in [0.2, 0.25) is 0 Å². The number of carbonyl (C=O) groups is 4. The summed E-state index contributed by atoms with van der Waals surface area (Å²) in [5.74, 6) is 1.77. The highest BCUT2D eigenvalue weighted by Crippen LogP contribution is 2.28. The van der Waals surface area contributed by atoms with Crippen LogP contribution in [0.4, 0.5) is 4.79 Å². The summed E-state index contributed by atoms with van der Waals surface area (Å²) in [6, 6.07) is 4.44. The minimum Gasteiger partial charge on any atom is -0.355 e. The van der Waals surface area contributed by atoms with E-state index in [-0.39, 0.29) is 24.8 Å². The summed E-state index contributed by atoms with van der Waals surface area (Å²) >= 11 is 0. The Hall–Kier alpha value is -3.34. The van der Waals surface area contributed by atoms with Gasteiger partial charge in [-0.25, -0.2) is 4.79 Å². The van der Waals surface area contributed by atoms with Crippen molar-refractivity contribution in [2.24, 2.45) is 0 Å². The van der Waals surface area contributed by atoms with E-state index in [0.717, 1.165) is 12.0 Å². The molecule has 8 heteroatoms. The highest BCUT2D eigenvalue weighted by atomic mass is 16.5. The van der Waals surface area contributed by atoms with Crippen molar-refractivity contribution in [2.75, 3.05) is 13.1 Å². The van der Waals surface area contributed by atoms with E-state index in [1.54, 1.807) is 23.1 Å². The van der Waals surface area contributed by atoms with Crippen molar-refractivity contribution in [1.29, 1.82) is 0 Å². The van der Waals surface area contributed by atoms with Crippen LogP contribution >= 0.6 is 0 Å². The van der Waals surface area contributed by atoms with Crippen molar-refractivity contribution in [3.8, 4) is 12.0 Å². The highest BCUT2D eigenvalue weighted by Gasteiger charge is 2.39. The first-order chi connectivity index (χ1) is 13.0. The molecule has 1 atom stereocenters. The topological polar surface area (TPSA) is 96.0 Å². The third-order valence-corrected chi connectivity index (χ3v) is 4.97.